The second-order valence-electron chi connectivity index (χ2n) is 5.86. The zero-order chi connectivity index (χ0) is 16.7. The van der Waals surface area contributed by atoms with E-state index in [2.05, 4.69) is 20.3 Å². The maximum absolute atomic E-state index is 13.3. The molecule has 3 aromatic rings. The minimum absolute atomic E-state index is 0.0836. The molecule has 1 aliphatic rings. The van der Waals surface area contributed by atoms with Crippen LogP contribution in [-0.4, -0.2) is 50.9 Å². The lowest BCUT2D eigenvalue weighted by molar-refractivity contribution is -0.00381. The van der Waals surface area contributed by atoms with Crippen molar-refractivity contribution in [3.05, 3.63) is 41.0 Å². The first-order valence-corrected chi connectivity index (χ1v) is 7.77. The highest BCUT2D eigenvalue weighted by Gasteiger charge is 2.32. The van der Waals surface area contributed by atoms with E-state index in [0.29, 0.717) is 47.8 Å². The summed E-state index contributed by atoms with van der Waals surface area (Å²) in [7, 11) is 0. The van der Waals surface area contributed by atoms with Gasteiger partial charge in [0.05, 0.1) is 41.6 Å². The number of rotatable bonds is 2. The van der Waals surface area contributed by atoms with Crippen molar-refractivity contribution in [2.75, 3.05) is 19.8 Å². The summed E-state index contributed by atoms with van der Waals surface area (Å²) in [5.41, 5.74) is 3.18. The number of H-pyrrole nitrogens is 1. The van der Waals surface area contributed by atoms with Crippen LogP contribution in [0, 0.1) is 13.8 Å². The molecule has 0 radical (unpaired) electrons. The Balaban J connectivity index is 1.78. The van der Waals surface area contributed by atoms with Crippen molar-refractivity contribution < 1.29 is 14.1 Å². The van der Waals surface area contributed by atoms with E-state index in [4.69, 9.17) is 9.26 Å². The molecule has 0 spiro atoms. The molecule has 124 valence electrons. The molecule has 0 bridgehead atoms. The molecular weight excluding hydrogens is 310 g/mol. The van der Waals surface area contributed by atoms with Crippen molar-refractivity contribution in [2.24, 2.45) is 0 Å². The number of fused-ring (bicyclic) bond motifs is 1. The van der Waals surface area contributed by atoms with Gasteiger partial charge in [-0.25, -0.2) is 4.98 Å². The number of nitrogens with zero attached hydrogens (tertiary/aromatic N) is 4. The van der Waals surface area contributed by atoms with Gasteiger partial charge in [0, 0.05) is 18.4 Å². The minimum atomic E-state index is -0.197. The Morgan fingerprint density at radius 3 is 3.08 bits per heavy atom. The molecule has 24 heavy (non-hydrogen) atoms. The van der Waals surface area contributed by atoms with Gasteiger partial charge < -0.3 is 14.2 Å². The number of nitrogens with one attached hydrogen (secondary N) is 1. The number of hydrogen-bond acceptors (Lipinski definition) is 6. The summed E-state index contributed by atoms with van der Waals surface area (Å²) in [5, 5.41) is 11.5. The van der Waals surface area contributed by atoms with Crippen LogP contribution < -0.4 is 0 Å². The number of carbonyl (C=O) groups is 1. The number of hydrogen-bond donors (Lipinski definition) is 1. The summed E-state index contributed by atoms with van der Waals surface area (Å²) in [6.07, 6.45) is 1.67. The van der Waals surface area contributed by atoms with Gasteiger partial charge in [0.15, 0.2) is 0 Å². The number of carbonyl (C=O) groups excluding carboxylic acids is 1. The number of aromatic amines is 1. The first kappa shape index (κ1) is 14.8. The number of morpholine rings is 1. The SMILES string of the molecule is Cc1cc(C(=O)N2CCOCC2c2ccn[nH]2)c2c(C)noc2n1. The summed E-state index contributed by atoms with van der Waals surface area (Å²) in [4.78, 5) is 19.4. The van der Waals surface area contributed by atoms with Crippen LogP contribution in [-0.2, 0) is 4.74 Å². The molecule has 1 aliphatic heterocycles. The maximum Gasteiger partial charge on any atom is 0.258 e. The Morgan fingerprint density at radius 1 is 1.42 bits per heavy atom. The summed E-state index contributed by atoms with van der Waals surface area (Å²) in [6.45, 7) is 5.09. The monoisotopic (exact) mass is 327 g/mol. The Kier molecular flexibility index (Phi) is 3.53. The summed E-state index contributed by atoms with van der Waals surface area (Å²) >= 11 is 0. The van der Waals surface area contributed by atoms with Crippen molar-refractivity contribution in [2.45, 2.75) is 19.9 Å². The zero-order valence-corrected chi connectivity index (χ0v) is 13.4. The third-order valence-corrected chi connectivity index (χ3v) is 4.25. The summed E-state index contributed by atoms with van der Waals surface area (Å²) < 4.78 is 10.8. The third kappa shape index (κ3) is 2.35. The predicted octanol–water partition coefficient (Wildman–Crippen LogP) is 1.78. The average Bonchev–Trinajstić information content (AvgIpc) is 3.24. The molecule has 1 amide bonds. The van der Waals surface area contributed by atoms with Gasteiger partial charge in [-0.1, -0.05) is 5.16 Å². The lowest BCUT2D eigenvalue weighted by atomic mass is 10.1. The van der Waals surface area contributed by atoms with Gasteiger partial charge >= 0.3 is 0 Å². The molecule has 8 nitrogen and oxygen atoms in total. The van der Waals surface area contributed by atoms with E-state index in [1.165, 1.54) is 0 Å². The van der Waals surface area contributed by atoms with E-state index >= 15 is 0 Å². The van der Waals surface area contributed by atoms with E-state index in [1.807, 2.05) is 19.9 Å². The Labute approximate surface area is 137 Å². The highest BCUT2D eigenvalue weighted by molar-refractivity contribution is 6.06. The van der Waals surface area contributed by atoms with Crippen molar-refractivity contribution >= 4 is 17.0 Å². The lowest BCUT2D eigenvalue weighted by Gasteiger charge is -2.35. The van der Waals surface area contributed by atoms with E-state index in [1.54, 1.807) is 17.2 Å². The number of ether oxygens (including phenoxy) is 1. The molecule has 0 saturated carbocycles. The van der Waals surface area contributed by atoms with Crippen molar-refractivity contribution in [3.63, 3.8) is 0 Å². The van der Waals surface area contributed by atoms with Crippen molar-refractivity contribution in [1.29, 1.82) is 0 Å². The fraction of sp³-hybridized carbons (Fsp3) is 0.375. The number of pyridine rings is 1. The first-order chi connectivity index (χ1) is 11.6. The third-order valence-electron chi connectivity index (χ3n) is 4.25. The summed E-state index contributed by atoms with van der Waals surface area (Å²) in [5.74, 6) is -0.0836. The van der Waals surface area contributed by atoms with Crippen LogP contribution in [0.25, 0.3) is 11.1 Å². The average molecular weight is 327 g/mol. The highest BCUT2D eigenvalue weighted by Crippen LogP contribution is 2.28. The normalized spacial score (nSPS) is 18.2. The zero-order valence-electron chi connectivity index (χ0n) is 13.4. The predicted molar refractivity (Wildman–Crippen MR) is 84.5 cm³/mol. The highest BCUT2D eigenvalue weighted by atomic mass is 16.5. The van der Waals surface area contributed by atoms with Crippen LogP contribution >= 0.6 is 0 Å². The van der Waals surface area contributed by atoms with Gasteiger partial charge in [0.25, 0.3) is 11.6 Å². The van der Waals surface area contributed by atoms with Gasteiger partial charge in [-0.3, -0.25) is 9.89 Å². The van der Waals surface area contributed by atoms with Crippen LogP contribution in [0.3, 0.4) is 0 Å². The molecular formula is C16H17N5O3. The van der Waals surface area contributed by atoms with Crippen LogP contribution in [0.4, 0.5) is 0 Å². The van der Waals surface area contributed by atoms with Crippen molar-refractivity contribution in [3.8, 4) is 0 Å². The van der Waals surface area contributed by atoms with Gasteiger partial charge in [0.2, 0.25) is 0 Å². The van der Waals surface area contributed by atoms with E-state index < -0.39 is 0 Å². The smallest absolute Gasteiger partial charge is 0.258 e. The van der Waals surface area contributed by atoms with E-state index in [0.717, 1.165) is 5.69 Å². The van der Waals surface area contributed by atoms with Crippen LogP contribution in [0.2, 0.25) is 0 Å². The molecule has 1 saturated heterocycles. The Hall–Kier alpha value is -2.74. The standard InChI is InChI=1S/C16H17N5O3/c1-9-7-11(14-10(2)20-24-15(14)18-9)16(22)21-5-6-23-8-13(21)12-3-4-17-19-12/h3-4,7,13H,5-6,8H2,1-2H3,(H,17,19). The summed E-state index contributed by atoms with van der Waals surface area (Å²) in [6, 6.07) is 3.45. The maximum atomic E-state index is 13.3. The molecule has 4 rings (SSSR count). The van der Waals surface area contributed by atoms with E-state index in [9.17, 15) is 4.79 Å². The van der Waals surface area contributed by atoms with Gasteiger partial charge in [-0.15, -0.1) is 0 Å². The topological polar surface area (TPSA) is 97.1 Å². The molecule has 1 unspecified atom stereocenters. The second kappa shape index (κ2) is 5.72. The van der Waals surface area contributed by atoms with E-state index in [-0.39, 0.29) is 11.9 Å². The Morgan fingerprint density at radius 2 is 2.29 bits per heavy atom. The number of amides is 1. The molecule has 1 fully saturated rings. The second-order valence-corrected chi connectivity index (χ2v) is 5.86. The lowest BCUT2D eigenvalue weighted by Crippen LogP contribution is -2.43. The van der Waals surface area contributed by atoms with Crippen molar-refractivity contribution in [1.82, 2.24) is 25.2 Å². The molecule has 0 aromatic carbocycles. The van der Waals surface area contributed by atoms with Crippen LogP contribution in [0.15, 0.2) is 22.9 Å². The molecule has 1 atom stereocenters. The first-order valence-electron chi connectivity index (χ1n) is 7.77. The Bertz CT molecular complexity index is 887. The van der Waals surface area contributed by atoms with Gasteiger partial charge in [-0.05, 0) is 26.0 Å². The number of aromatic nitrogens is 4. The fourth-order valence-corrected chi connectivity index (χ4v) is 3.10. The molecule has 1 N–H and O–H groups in total. The van der Waals surface area contributed by atoms with Crippen LogP contribution in [0.5, 0.6) is 0 Å². The quantitative estimate of drug-likeness (QED) is 0.770. The molecule has 0 aliphatic carbocycles. The minimum Gasteiger partial charge on any atom is -0.377 e. The largest absolute Gasteiger partial charge is 0.377 e. The molecule has 3 aromatic heterocycles. The van der Waals surface area contributed by atoms with Gasteiger partial charge in [0.1, 0.15) is 0 Å². The van der Waals surface area contributed by atoms with Crippen LogP contribution in [0.1, 0.15) is 33.5 Å². The number of aryl methyl sites for hydroxylation is 2. The van der Waals surface area contributed by atoms with Gasteiger partial charge in [-0.2, -0.15) is 5.10 Å². The molecule has 8 heteroatoms. The molecule has 4 heterocycles. The fourth-order valence-electron chi connectivity index (χ4n) is 3.10.